The molecule has 1 heteroatoms. The molecule has 0 saturated carbocycles. The Hall–Kier alpha value is -4.10. The summed E-state index contributed by atoms with van der Waals surface area (Å²) in [6.07, 6.45) is 0. The van der Waals surface area contributed by atoms with E-state index in [4.69, 9.17) is 0 Å². The van der Waals surface area contributed by atoms with E-state index in [1.165, 1.54) is 60.9 Å². The van der Waals surface area contributed by atoms with E-state index in [1.807, 2.05) is 0 Å². The van der Waals surface area contributed by atoms with E-state index in [2.05, 4.69) is 134 Å². The molecule has 0 aliphatic rings. The molecule has 158 valence electrons. The Labute approximate surface area is 194 Å². The minimum atomic E-state index is 1.18. The summed E-state index contributed by atoms with van der Waals surface area (Å²) in [6.45, 7) is 4.39. The Kier molecular flexibility index (Phi) is 4.62. The highest BCUT2D eigenvalue weighted by Crippen LogP contribution is 2.35. The molecule has 1 heterocycles. The molecule has 6 rings (SSSR count). The van der Waals surface area contributed by atoms with Crippen molar-refractivity contribution in [1.29, 1.82) is 0 Å². The highest BCUT2D eigenvalue weighted by Gasteiger charge is 2.14. The Bertz CT molecular complexity index is 1550. The third-order valence-electron chi connectivity index (χ3n) is 6.67. The molecule has 0 spiro atoms. The maximum atomic E-state index is 2.39. The first-order chi connectivity index (χ1) is 16.2. The zero-order valence-electron chi connectivity index (χ0n) is 18.9. The van der Waals surface area contributed by atoms with Gasteiger partial charge in [-0.05, 0) is 94.0 Å². The topological polar surface area (TPSA) is 4.93 Å². The van der Waals surface area contributed by atoms with Crippen LogP contribution in [-0.4, -0.2) is 4.57 Å². The van der Waals surface area contributed by atoms with E-state index in [-0.39, 0.29) is 0 Å². The first-order valence-electron chi connectivity index (χ1n) is 11.5. The summed E-state index contributed by atoms with van der Waals surface area (Å²) < 4.78 is 2.39. The lowest BCUT2D eigenvalue weighted by Crippen LogP contribution is -1.99. The quantitative estimate of drug-likeness (QED) is 0.251. The van der Waals surface area contributed by atoms with Crippen LogP contribution in [0.3, 0.4) is 0 Å². The fraction of sp³-hybridized carbons (Fsp3) is 0.0625. The zero-order chi connectivity index (χ0) is 22.4. The van der Waals surface area contributed by atoms with Crippen molar-refractivity contribution in [1.82, 2.24) is 4.57 Å². The Morgan fingerprint density at radius 3 is 1.52 bits per heavy atom. The van der Waals surface area contributed by atoms with Crippen LogP contribution in [0.4, 0.5) is 0 Å². The predicted octanol–water partition coefficient (Wildman–Crippen LogP) is 8.73. The Morgan fingerprint density at radius 2 is 0.970 bits per heavy atom. The number of nitrogens with zero attached hydrogens (tertiary/aromatic N) is 1. The molecule has 0 amide bonds. The third kappa shape index (κ3) is 3.34. The third-order valence-corrected chi connectivity index (χ3v) is 6.67. The number of aromatic nitrogens is 1. The van der Waals surface area contributed by atoms with Gasteiger partial charge >= 0.3 is 0 Å². The lowest BCUT2D eigenvalue weighted by Gasteiger charge is -2.16. The summed E-state index contributed by atoms with van der Waals surface area (Å²) in [6, 6.07) is 41.7. The van der Waals surface area contributed by atoms with Crippen molar-refractivity contribution >= 4 is 21.5 Å². The van der Waals surface area contributed by atoms with Crippen molar-refractivity contribution in [2.45, 2.75) is 13.8 Å². The Balaban J connectivity index is 1.62. The number of hydrogen-bond acceptors (Lipinski definition) is 0. The molecule has 6 aromatic rings. The molecular weight excluding hydrogens is 398 g/mol. The van der Waals surface area contributed by atoms with Gasteiger partial charge in [-0.1, -0.05) is 78.9 Å². The van der Waals surface area contributed by atoms with Crippen molar-refractivity contribution in [3.63, 3.8) is 0 Å². The molecule has 1 aromatic heterocycles. The van der Waals surface area contributed by atoms with Gasteiger partial charge in [-0.25, -0.2) is 0 Å². The van der Waals surface area contributed by atoms with Gasteiger partial charge in [-0.3, -0.25) is 0 Å². The maximum absolute atomic E-state index is 2.39. The summed E-state index contributed by atoms with van der Waals surface area (Å²) in [5, 5.41) is 5.21. The molecule has 1 nitrogen and oxygen atoms in total. The highest BCUT2D eigenvalue weighted by molar-refractivity contribution is 6.01. The second-order valence-electron chi connectivity index (χ2n) is 8.80. The molecular formula is C32H25N. The molecule has 0 fully saturated rings. The van der Waals surface area contributed by atoms with Crippen LogP contribution in [0.1, 0.15) is 11.1 Å². The van der Waals surface area contributed by atoms with Crippen LogP contribution in [0.5, 0.6) is 0 Å². The fourth-order valence-electron chi connectivity index (χ4n) is 4.89. The van der Waals surface area contributed by atoms with Gasteiger partial charge in [0.2, 0.25) is 0 Å². The van der Waals surface area contributed by atoms with E-state index in [0.717, 1.165) is 0 Å². The lowest BCUT2D eigenvalue weighted by molar-refractivity contribution is 1.10. The van der Waals surface area contributed by atoms with Crippen molar-refractivity contribution in [3.05, 3.63) is 126 Å². The van der Waals surface area contributed by atoms with Crippen molar-refractivity contribution in [2.24, 2.45) is 0 Å². The average Bonchev–Trinajstić information content (AvgIpc) is 3.31. The van der Waals surface area contributed by atoms with Crippen LogP contribution in [0.2, 0.25) is 0 Å². The summed E-state index contributed by atoms with van der Waals surface area (Å²) >= 11 is 0. The fourth-order valence-corrected chi connectivity index (χ4v) is 4.89. The predicted molar refractivity (Wildman–Crippen MR) is 141 cm³/mol. The summed E-state index contributed by atoms with van der Waals surface area (Å²) in [5.74, 6) is 0. The zero-order valence-corrected chi connectivity index (χ0v) is 18.9. The SMILES string of the molecule is Cc1ccc(C)c2cc3cc(-n4c(-c5ccccc5)ccc4-c4ccccc4)ccc3cc12. The number of aryl methyl sites for hydroxylation is 2. The van der Waals surface area contributed by atoms with Gasteiger partial charge in [0.15, 0.2) is 0 Å². The van der Waals surface area contributed by atoms with E-state index in [9.17, 15) is 0 Å². The van der Waals surface area contributed by atoms with Crippen LogP contribution in [-0.2, 0) is 0 Å². The van der Waals surface area contributed by atoms with E-state index >= 15 is 0 Å². The highest BCUT2D eigenvalue weighted by atomic mass is 15.0. The molecule has 0 atom stereocenters. The van der Waals surface area contributed by atoms with Crippen LogP contribution in [0.25, 0.3) is 49.7 Å². The smallest absolute Gasteiger partial charge is 0.0535 e. The monoisotopic (exact) mass is 423 g/mol. The average molecular weight is 424 g/mol. The normalized spacial score (nSPS) is 11.3. The molecule has 5 aromatic carbocycles. The number of hydrogen-bond donors (Lipinski definition) is 0. The second-order valence-corrected chi connectivity index (χ2v) is 8.80. The van der Waals surface area contributed by atoms with Crippen molar-refractivity contribution < 1.29 is 0 Å². The molecule has 0 N–H and O–H groups in total. The second kappa shape index (κ2) is 7.79. The number of fused-ring (bicyclic) bond motifs is 2. The van der Waals surface area contributed by atoms with Crippen LogP contribution in [0, 0.1) is 13.8 Å². The number of rotatable bonds is 3. The standard InChI is InChI=1S/C32H25N/c1-22-13-14-23(2)30-21-27-19-28(16-15-26(27)20-29(22)30)33-31(24-9-5-3-6-10-24)17-18-32(33)25-11-7-4-8-12-25/h3-21H,1-2H3. The van der Waals surface area contributed by atoms with E-state index in [1.54, 1.807) is 0 Å². The first-order valence-corrected chi connectivity index (χ1v) is 11.5. The van der Waals surface area contributed by atoms with Crippen LogP contribution < -0.4 is 0 Å². The van der Waals surface area contributed by atoms with E-state index < -0.39 is 0 Å². The molecule has 0 bridgehead atoms. The van der Waals surface area contributed by atoms with Gasteiger partial charge < -0.3 is 4.57 Å². The molecule has 0 aliphatic carbocycles. The van der Waals surface area contributed by atoms with Gasteiger partial charge in [0.1, 0.15) is 0 Å². The number of benzene rings is 5. The first kappa shape index (κ1) is 19.6. The Morgan fingerprint density at radius 1 is 0.455 bits per heavy atom. The maximum Gasteiger partial charge on any atom is 0.0535 e. The summed E-state index contributed by atoms with van der Waals surface area (Å²) in [7, 11) is 0. The molecule has 0 radical (unpaired) electrons. The van der Waals surface area contributed by atoms with Gasteiger partial charge in [-0.2, -0.15) is 0 Å². The summed E-state index contributed by atoms with van der Waals surface area (Å²) in [4.78, 5) is 0. The molecule has 0 aliphatic heterocycles. The van der Waals surface area contributed by atoms with Gasteiger partial charge in [0, 0.05) is 5.69 Å². The van der Waals surface area contributed by atoms with Crippen molar-refractivity contribution in [2.75, 3.05) is 0 Å². The van der Waals surface area contributed by atoms with Gasteiger partial charge in [0.05, 0.1) is 11.4 Å². The lowest BCUT2D eigenvalue weighted by atomic mass is 9.97. The van der Waals surface area contributed by atoms with Crippen LogP contribution in [0.15, 0.2) is 115 Å². The molecule has 0 unspecified atom stereocenters. The molecule has 33 heavy (non-hydrogen) atoms. The minimum Gasteiger partial charge on any atom is -0.309 e. The van der Waals surface area contributed by atoms with Crippen LogP contribution >= 0.6 is 0 Å². The summed E-state index contributed by atoms with van der Waals surface area (Å²) in [5.41, 5.74) is 8.64. The largest absolute Gasteiger partial charge is 0.309 e. The van der Waals surface area contributed by atoms with Crippen molar-refractivity contribution in [3.8, 4) is 28.2 Å². The van der Waals surface area contributed by atoms with E-state index in [0.29, 0.717) is 0 Å². The minimum absolute atomic E-state index is 1.18. The van der Waals surface area contributed by atoms with Gasteiger partial charge in [-0.15, -0.1) is 0 Å². The molecule has 0 saturated heterocycles. The van der Waals surface area contributed by atoms with Gasteiger partial charge in [0.25, 0.3) is 0 Å².